The summed E-state index contributed by atoms with van der Waals surface area (Å²) in [6.45, 7) is 3.85. The minimum Gasteiger partial charge on any atom is -0.437 e. The summed E-state index contributed by atoms with van der Waals surface area (Å²) in [5.41, 5.74) is 1.53. The monoisotopic (exact) mass is 629 g/mol. The van der Waals surface area contributed by atoms with Gasteiger partial charge in [-0.05, 0) is 69.1 Å². The van der Waals surface area contributed by atoms with Crippen LogP contribution < -0.4 is 20.1 Å². The van der Waals surface area contributed by atoms with Crippen molar-refractivity contribution in [3.63, 3.8) is 0 Å². The van der Waals surface area contributed by atoms with E-state index in [2.05, 4.69) is 30.3 Å². The van der Waals surface area contributed by atoms with Crippen LogP contribution in [0, 0.1) is 12.7 Å². The topological polar surface area (TPSA) is 121 Å². The molecule has 3 N–H and O–H groups in total. The summed E-state index contributed by atoms with van der Waals surface area (Å²) in [6, 6.07) is 11.4. The summed E-state index contributed by atoms with van der Waals surface area (Å²) in [6.07, 6.45) is 4.60. The van der Waals surface area contributed by atoms with Gasteiger partial charge in [-0.15, -0.1) is 0 Å². The molecule has 5 rings (SSSR count). The molecule has 0 saturated carbocycles. The third-order valence-electron chi connectivity index (χ3n) is 7.34. The molecule has 1 aliphatic rings. The highest BCUT2D eigenvalue weighted by atomic mass is 32.2. The van der Waals surface area contributed by atoms with Crippen molar-refractivity contribution in [1.29, 1.82) is 0 Å². The third-order valence-corrected chi connectivity index (χ3v) is 8.80. The molecule has 1 aliphatic heterocycles. The highest BCUT2D eigenvalue weighted by Gasteiger charge is 2.27. The van der Waals surface area contributed by atoms with E-state index in [4.69, 9.17) is 4.74 Å². The van der Waals surface area contributed by atoms with Gasteiger partial charge in [0.2, 0.25) is 17.8 Å². The Labute approximate surface area is 254 Å². The molecule has 1 fully saturated rings. The lowest BCUT2D eigenvalue weighted by atomic mass is 10.0. The van der Waals surface area contributed by atoms with Crippen molar-refractivity contribution in [1.82, 2.24) is 24.6 Å². The molecule has 1 saturated heterocycles. The summed E-state index contributed by atoms with van der Waals surface area (Å²) in [5, 5.41) is 7.36. The van der Waals surface area contributed by atoms with Crippen molar-refractivity contribution in [2.24, 2.45) is 0 Å². The van der Waals surface area contributed by atoms with Crippen molar-refractivity contribution in [2.45, 2.75) is 45.1 Å². The summed E-state index contributed by atoms with van der Waals surface area (Å²) in [4.78, 5) is 13.5. The largest absolute Gasteiger partial charge is 0.437 e. The standard InChI is InChI=1S/C30H34F3N7O3S/c1-19-8-9-21-22(10-11-24(31)26(21)39-44(41,42)40(3)17-13-30(2,32)33)27(19)43-28-23(7-5-15-35-28)25-12-16-36-29(38-25)37-20-6-4-14-34-18-20/h5,7-12,15-16,20,34,39H,4,6,13-14,17-18H2,1-3H3,(H,36,37,38)/t20-/m0/s1. The van der Waals surface area contributed by atoms with E-state index in [0.29, 0.717) is 40.8 Å². The molecule has 0 spiro atoms. The van der Waals surface area contributed by atoms with Crippen LogP contribution in [0.3, 0.4) is 0 Å². The number of anilines is 2. The number of pyridine rings is 1. The van der Waals surface area contributed by atoms with Gasteiger partial charge in [-0.2, -0.15) is 12.7 Å². The zero-order chi connectivity index (χ0) is 31.5. The van der Waals surface area contributed by atoms with E-state index in [1.165, 1.54) is 6.07 Å². The Hall–Kier alpha value is -4.01. The van der Waals surface area contributed by atoms with E-state index in [9.17, 15) is 17.2 Å². The van der Waals surface area contributed by atoms with Gasteiger partial charge in [0.25, 0.3) is 0 Å². The van der Waals surface area contributed by atoms with Gasteiger partial charge in [0, 0.05) is 55.8 Å². The molecule has 4 aromatic rings. The van der Waals surface area contributed by atoms with E-state index < -0.39 is 34.9 Å². The second kappa shape index (κ2) is 12.9. The third kappa shape index (κ3) is 7.37. The molecule has 0 bridgehead atoms. The SMILES string of the molecule is Cc1ccc2c(NS(=O)(=O)N(C)CCC(C)(F)F)c(F)ccc2c1Oc1ncccc1-c1ccnc(N[C@H]2CCCNC2)n1. The number of nitrogens with zero attached hydrogens (tertiary/aromatic N) is 4. The second-order valence-electron chi connectivity index (χ2n) is 10.9. The van der Waals surface area contributed by atoms with Crippen LogP contribution in [0.15, 0.2) is 54.9 Å². The van der Waals surface area contributed by atoms with Gasteiger partial charge in [0.1, 0.15) is 11.6 Å². The average molecular weight is 630 g/mol. The fourth-order valence-electron chi connectivity index (χ4n) is 4.88. The molecule has 0 amide bonds. The van der Waals surface area contributed by atoms with Gasteiger partial charge in [0.15, 0.2) is 0 Å². The number of alkyl halides is 2. The molecule has 44 heavy (non-hydrogen) atoms. The Bertz CT molecular complexity index is 1750. The number of halogens is 3. The Morgan fingerprint density at radius 1 is 1.11 bits per heavy atom. The van der Waals surface area contributed by atoms with Crippen LogP contribution in [0.4, 0.5) is 24.8 Å². The Balaban J connectivity index is 1.46. The maximum Gasteiger partial charge on any atom is 0.301 e. The summed E-state index contributed by atoms with van der Waals surface area (Å²) < 4.78 is 77.0. The molecular weight excluding hydrogens is 595 g/mol. The van der Waals surface area contributed by atoms with Gasteiger partial charge in [-0.1, -0.05) is 12.1 Å². The van der Waals surface area contributed by atoms with Gasteiger partial charge in [0.05, 0.1) is 16.9 Å². The maximum atomic E-state index is 15.1. The lowest BCUT2D eigenvalue weighted by molar-refractivity contribution is 0.00994. The molecule has 10 nitrogen and oxygen atoms in total. The number of rotatable bonds is 11. The van der Waals surface area contributed by atoms with Gasteiger partial charge < -0.3 is 15.4 Å². The number of hydrogen-bond donors (Lipinski definition) is 3. The summed E-state index contributed by atoms with van der Waals surface area (Å²) in [5.74, 6) is -2.84. The second-order valence-corrected chi connectivity index (χ2v) is 12.7. The number of hydrogen-bond acceptors (Lipinski definition) is 8. The highest BCUT2D eigenvalue weighted by Crippen LogP contribution is 2.40. The number of ether oxygens (including phenoxy) is 1. The molecule has 3 heterocycles. The molecular formula is C30H34F3N7O3S. The molecule has 14 heteroatoms. The predicted molar refractivity (Wildman–Crippen MR) is 164 cm³/mol. The summed E-state index contributed by atoms with van der Waals surface area (Å²) in [7, 11) is -3.21. The molecule has 0 radical (unpaired) electrons. The fourth-order valence-corrected chi connectivity index (χ4v) is 5.83. The first-order valence-corrected chi connectivity index (χ1v) is 15.6. The van der Waals surface area contributed by atoms with Crippen LogP contribution in [0.1, 0.15) is 31.7 Å². The quantitative estimate of drug-likeness (QED) is 0.192. The highest BCUT2D eigenvalue weighted by molar-refractivity contribution is 7.90. The van der Waals surface area contributed by atoms with Crippen LogP contribution in [0.25, 0.3) is 22.0 Å². The number of nitrogens with one attached hydrogen (secondary N) is 3. The molecule has 0 aliphatic carbocycles. The predicted octanol–water partition coefficient (Wildman–Crippen LogP) is 5.73. The Morgan fingerprint density at radius 3 is 2.66 bits per heavy atom. The van der Waals surface area contributed by atoms with E-state index in [-0.39, 0.29) is 23.0 Å². The average Bonchev–Trinajstić information content (AvgIpc) is 2.99. The number of aryl methyl sites for hydroxylation is 1. The van der Waals surface area contributed by atoms with Crippen LogP contribution in [-0.4, -0.2) is 66.3 Å². The van der Waals surface area contributed by atoms with Crippen LogP contribution in [-0.2, 0) is 10.2 Å². The molecule has 2 aromatic carbocycles. The van der Waals surface area contributed by atoms with Crippen molar-refractivity contribution in [3.05, 3.63) is 66.2 Å². The molecule has 2 aromatic heterocycles. The van der Waals surface area contributed by atoms with E-state index in [1.807, 2.05) is 6.07 Å². The van der Waals surface area contributed by atoms with Crippen molar-refractivity contribution in [3.8, 4) is 22.9 Å². The Kier molecular flexibility index (Phi) is 9.23. The smallest absolute Gasteiger partial charge is 0.301 e. The lowest BCUT2D eigenvalue weighted by Crippen LogP contribution is -2.38. The van der Waals surface area contributed by atoms with Crippen molar-refractivity contribution < 1.29 is 26.3 Å². The van der Waals surface area contributed by atoms with Gasteiger partial charge >= 0.3 is 10.2 Å². The van der Waals surface area contributed by atoms with E-state index in [1.54, 1.807) is 43.6 Å². The molecule has 234 valence electrons. The number of piperidine rings is 1. The zero-order valence-electron chi connectivity index (χ0n) is 24.6. The van der Waals surface area contributed by atoms with Gasteiger partial charge in [-0.25, -0.2) is 28.1 Å². The van der Waals surface area contributed by atoms with Crippen LogP contribution >= 0.6 is 0 Å². The normalized spacial score (nSPS) is 15.8. The fraction of sp³-hybridized carbons (Fsp3) is 0.367. The lowest BCUT2D eigenvalue weighted by Gasteiger charge is -2.23. The minimum absolute atomic E-state index is 0.210. The number of aromatic nitrogens is 3. The van der Waals surface area contributed by atoms with Gasteiger partial charge in [-0.3, -0.25) is 4.72 Å². The first-order chi connectivity index (χ1) is 20.9. The summed E-state index contributed by atoms with van der Waals surface area (Å²) >= 11 is 0. The van der Waals surface area contributed by atoms with Crippen LogP contribution in [0.2, 0.25) is 0 Å². The number of fused-ring (bicyclic) bond motifs is 1. The molecule has 1 atom stereocenters. The zero-order valence-corrected chi connectivity index (χ0v) is 25.4. The first kappa shape index (κ1) is 31.4. The Morgan fingerprint density at radius 2 is 1.91 bits per heavy atom. The first-order valence-electron chi connectivity index (χ1n) is 14.2. The maximum absolute atomic E-state index is 15.1. The number of benzene rings is 2. The van der Waals surface area contributed by atoms with Crippen LogP contribution in [0.5, 0.6) is 11.6 Å². The van der Waals surface area contributed by atoms with Crippen molar-refractivity contribution >= 4 is 32.6 Å². The van der Waals surface area contributed by atoms with E-state index in [0.717, 1.165) is 43.4 Å². The molecule has 0 unspecified atom stereocenters. The minimum atomic E-state index is -4.36. The van der Waals surface area contributed by atoms with E-state index >= 15 is 4.39 Å². The van der Waals surface area contributed by atoms with Crippen molar-refractivity contribution in [2.75, 3.05) is 36.7 Å².